The van der Waals surface area contributed by atoms with E-state index in [0.717, 1.165) is 44.8 Å². The number of hydrogen-bond donors (Lipinski definition) is 0. The van der Waals surface area contributed by atoms with Crippen molar-refractivity contribution in [3.8, 4) is 0 Å². The summed E-state index contributed by atoms with van der Waals surface area (Å²) in [5.41, 5.74) is 2.88. The molecule has 0 spiro atoms. The largest absolute Gasteiger partial charge is 0.379 e. The van der Waals surface area contributed by atoms with Gasteiger partial charge in [0.15, 0.2) is 5.78 Å². The molecule has 0 saturated carbocycles. The molecule has 1 unspecified atom stereocenters. The quantitative estimate of drug-likeness (QED) is 0.705. The lowest BCUT2D eigenvalue weighted by molar-refractivity contribution is 0.0349. The zero-order valence-electron chi connectivity index (χ0n) is 17.8. The number of carbonyl (C=O) groups is 1. The Morgan fingerprint density at radius 1 is 1.13 bits per heavy atom. The summed E-state index contributed by atoms with van der Waals surface area (Å²) in [6, 6.07) is 8.49. The standard InChI is InChI=1S/C23H30N2O4S/c1-3-20-17(2)25(30(27,28)19-7-5-4-6-8-19)21-10-9-18(23(26)22(20)21)11-12-24-13-15-29-16-14-24/h4-8,18H,3,9-16H2,1-2H3. The summed E-state index contributed by atoms with van der Waals surface area (Å²) in [6.07, 6.45) is 2.78. The zero-order valence-corrected chi connectivity index (χ0v) is 18.6. The Bertz CT molecular complexity index is 1020. The number of hydrogen-bond acceptors (Lipinski definition) is 5. The molecule has 2 heterocycles. The first-order valence-corrected chi connectivity index (χ1v) is 12.3. The first kappa shape index (κ1) is 21.3. The van der Waals surface area contributed by atoms with Crippen LogP contribution in [0, 0.1) is 12.8 Å². The Morgan fingerprint density at radius 2 is 1.83 bits per heavy atom. The van der Waals surface area contributed by atoms with E-state index in [0.29, 0.717) is 36.2 Å². The van der Waals surface area contributed by atoms with Gasteiger partial charge in [-0.2, -0.15) is 0 Å². The molecule has 30 heavy (non-hydrogen) atoms. The van der Waals surface area contributed by atoms with Crippen molar-refractivity contribution in [2.45, 2.75) is 44.4 Å². The van der Waals surface area contributed by atoms with Crippen LogP contribution >= 0.6 is 0 Å². The lowest BCUT2D eigenvalue weighted by Gasteiger charge is -2.29. The molecule has 2 aromatic rings. The smallest absolute Gasteiger partial charge is 0.268 e. The van der Waals surface area contributed by atoms with Gasteiger partial charge in [-0.1, -0.05) is 25.1 Å². The van der Waals surface area contributed by atoms with Gasteiger partial charge in [-0.25, -0.2) is 12.4 Å². The fourth-order valence-electron chi connectivity index (χ4n) is 4.84. The summed E-state index contributed by atoms with van der Waals surface area (Å²) in [4.78, 5) is 16.1. The van der Waals surface area contributed by atoms with Crippen molar-refractivity contribution >= 4 is 15.8 Å². The lowest BCUT2D eigenvalue weighted by atomic mass is 9.82. The molecule has 1 aliphatic carbocycles. The maximum atomic E-state index is 13.4. The van der Waals surface area contributed by atoms with Gasteiger partial charge >= 0.3 is 0 Å². The minimum absolute atomic E-state index is 0.0414. The van der Waals surface area contributed by atoms with Gasteiger partial charge in [0, 0.05) is 36.0 Å². The minimum atomic E-state index is -3.73. The SMILES string of the molecule is CCc1c2c(n(S(=O)(=O)c3ccccc3)c1C)CCC(CCN1CCOCC1)C2=O. The first-order chi connectivity index (χ1) is 14.4. The molecule has 1 atom stereocenters. The predicted octanol–water partition coefficient (Wildman–Crippen LogP) is 3.06. The van der Waals surface area contributed by atoms with Gasteiger partial charge in [0.1, 0.15) is 0 Å². The van der Waals surface area contributed by atoms with Crippen LogP contribution in [-0.4, -0.2) is 55.9 Å². The van der Waals surface area contributed by atoms with E-state index < -0.39 is 10.0 Å². The van der Waals surface area contributed by atoms with E-state index >= 15 is 0 Å². The van der Waals surface area contributed by atoms with E-state index in [1.165, 1.54) is 3.97 Å². The van der Waals surface area contributed by atoms with Crippen molar-refractivity contribution in [3.05, 3.63) is 52.8 Å². The molecule has 0 amide bonds. The van der Waals surface area contributed by atoms with E-state index in [9.17, 15) is 13.2 Å². The van der Waals surface area contributed by atoms with Crippen LogP contribution in [0.1, 0.15) is 47.1 Å². The van der Waals surface area contributed by atoms with Gasteiger partial charge in [-0.3, -0.25) is 9.69 Å². The Morgan fingerprint density at radius 3 is 2.50 bits per heavy atom. The second-order valence-electron chi connectivity index (χ2n) is 8.16. The number of benzene rings is 1. The Hall–Kier alpha value is -1.96. The Labute approximate surface area is 178 Å². The molecule has 4 rings (SSSR count). The second kappa shape index (κ2) is 8.65. The van der Waals surface area contributed by atoms with E-state index in [1.807, 2.05) is 13.8 Å². The summed E-state index contributed by atoms with van der Waals surface area (Å²) in [5.74, 6) is 0.0757. The molecule has 1 aromatic heterocycles. The number of rotatable bonds is 6. The number of ketones is 1. The van der Waals surface area contributed by atoms with Crippen LogP contribution in [0.25, 0.3) is 0 Å². The number of fused-ring (bicyclic) bond motifs is 1. The van der Waals surface area contributed by atoms with Crippen molar-refractivity contribution < 1.29 is 17.9 Å². The Kier molecular flexibility index (Phi) is 6.14. The highest BCUT2D eigenvalue weighted by molar-refractivity contribution is 7.90. The van der Waals surface area contributed by atoms with Crippen molar-refractivity contribution in [2.75, 3.05) is 32.8 Å². The highest BCUT2D eigenvalue weighted by Crippen LogP contribution is 2.36. The van der Waals surface area contributed by atoms with Gasteiger partial charge in [0.2, 0.25) is 0 Å². The van der Waals surface area contributed by atoms with Crippen LogP contribution in [0.2, 0.25) is 0 Å². The summed E-state index contributed by atoms with van der Waals surface area (Å²) in [5, 5.41) is 0. The van der Waals surface area contributed by atoms with Crippen LogP contribution < -0.4 is 0 Å². The molecule has 0 bridgehead atoms. The van der Waals surface area contributed by atoms with Crippen LogP contribution in [0.5, 0.6) is 0 Å². The molecule has 1 aromatic carbocycles. The van der Waals surface area contributed by atoms with Gasteiger partial charge in [-0.05, 0) is 56.8 Å². The molecule has 1 fully saturated rings. The monoisotopic (exact) mass is 430 g/mol. The third-order valence-electron chi connectivity index (χ3n) is 6.46. The Balaban J connectivity index is 1.66. The maximum Gasteiger partial charge on any atom is 0.268 e. The summed E-state index contributed by atoms with van der Waals surface area (Å²) < 4.78 is 33.7. The van der Waals surface area contributed by atoms with Crippen molar-refractivity contribution in [1.29, 1.82) is 0 Å². The highest BCUT2D eigenvalue weighted by Gasteiger charge is 2.37. The number of morpholine rings is 1. The summed E-state index contributed by atoms with van der Waals surface area (Å²) in [7, 11) is -3.73. The normalized spacial score (nSPS) is 20.3. The van der Waals surface area contributed by atoms with Crippen LogP contribution in [0.3, 0.4) is 0 Å². The van der Waals surface area contributed by atoms with Crippen LogP contribution in [0.15, 0.2) is 35.2 Å². The van der Waals surface area contributed by atoms with Crippen molar-refractivity contribution in [1.82, 2.24) is 8.87 Å². The fraction of sp³-hybridized carbons (Fsp3) is 0.522. The number of nitrogens with zero attached hydrogens (tertiary/aromatic N) is 2. The predicted molar refractivity (Wildman–Crippen MR) is 116 cm³/mol. The van der Waals surface area contributed by atoms with E-state index in [-0.39, 0.29) is 16.6 Å². The molecular weight excluding hydrogens is 400 g/mol. The van der Waals surface area contributed by atoms with E-state index in [2.05, 4.69) is 4.90 Å². The third-order valence-corrected chi connectivity index (χ3v) is 8.30. The molecule has 1 aliphatic heterocycles. The van der Waals surface area contributed by atoms with Crippen LogP contribution in [-0.2, 0) is 27.6 Å². The average molecular weight is 431 g/mol. The number of ether oxygens (including phenoxy) is 1. The van der Waals surface area contributed by atoms with Gasteiger partial charge in [0.05, 0.1) is 18.1 Å². The topological polar surface area (TPSA) is 68.6 Å². The molecule has 6 nitrogen and oxygen atoms in total. The van der Waals surface area contributed by atoms with Gasteiger partial charge in [-0.15, -0.1) is 0 Å². The lowest BCUT2D eigenvalue weighted by Crippen LogP contribution is -2.38. The first-order valence-electron chi connectivity index (χ1n) is 10.8. The molecule has 0 radical (unpaired) electrons. The molecule has 0 N–H and O–H groups in total. The average Bonchev–Trinajstić information content (AvgIpc) is 3.07. The molecule has 7 heteroatoms. The maximum absolute atomic E-state index is 13.4. The summed E-state index contributed by atoms with van der Waals surface area (Å²) >= 11 is 0. The third kappa shape index (κ3) is 3.74. The number of carbonyl (C=O) groups excluding carboxylic acids is 1. The summed E-state index contributed by atoms with van der Waals surface area (Å²) in [6.45, 7) is 8.04. The van der Waals surface area contributed by atoms with Crippen molar-refractivity contribution in [2.24, 2.45) is 5.92 Å². The molecule has 2 aliphatic rings. The van der Waals surface area contributed by atoms with Crippen molar-refractivity contribution in [3.63, 3.8) is 0 Å². The van der Waals surface area contributed by atoms with Gasteiger partial charge < -0.3 is 4.74 Å². The van der Waals surface area contributed by atoms with E-state index in [4.69, 9.17) is 4.74 Å². The minimum Gasteiger partial charge on any atom is -0.379 e. The van der Waals surface area contributed by atoms with Crippen LogP contribution in [0.4, 0.5) is 0 Å². The van der Waals surface area contributed by atoms with Gasteiger partial charge in [0.25, 0.3) is 10.0 Å². The molecule has 1 saturated heterocycles. The number of aromatic nitrogens is 1. The zero-order chi connectivity index (χ0) is 21.3. The fourth-order valence-corrected chi connectivity index (χ4v) is 6.50. The highest BCUT2D eigenvalue weighted by atomic mass is 32.2. The number of Topliss-reactive ketones (excluding diaryl/α,β-unsaturated/α-hetero) is 1. The molecule has 162 valence electrons. The molecular formula is C23H30N2O4S. The second-order valence-corrected chi connectivity index (χ2v) is 9.95. The van der Waals surface area contributed by atoms with E-state index in [1.54, 1.807) is 30.3 Å².